The molecule has 0 fully saturated rings. The number of carbonyl (C=O) groups excluding carboxylic acids is 4. The molecule has 0 saturated carbocycles. The summed E-state index contributed by atoms with van der Waals surface area (Å²) in [5, 5.41) is 22.1. The van der Waals surface area contributed by atoms with Gasteiger partial charge in [-0.25, -0.2) is 0 Å². The second-order valence-electron chi connectivity index (χ2n) is 10.2. The monoisotopic (exact) mass is 608 g/mol. The van der Waals surface area contributed by atoms with Crippen LogP contribution in [0.5, 0.6) is 11.5 Å². The second-order valence-corrected chi connectivity index (χ2v) is 10.2. The summed E-state index contributed by atoms with van der Waals surface area (Å²) >= 11 is 0. The number of carbonyl (C=O) groups is 4. The van der Waals surface area contributed by atoms with Gasteiger partial charge in [-0.05, 0) is 43.7 Å². The van der Waals surface area contributed by atoms with Gasteiger partial charge in [0.1, 0.15) is 24.1 Å². The first-order valence-corrected chi connectivity index (χ1v) is 14.2. The maximum atomic E-state index is 13.2. The van der Waals surface area contributed by atoms with E-state index in [2.05, 4.69) is 26.1 Å². The van der Waals surface area contributed by atoms with E-state index in [4.69, 9.17) is 14.0 Å². The normalized spacial score (nSPS) is 17.4. The van der Waals surface area contributed by atoms with Gasteiger partial charge < -0.3 is 40.0 Å². The molecule has 0 aliphatic carbocycles. The highest BCUT2D eigenvalue weighted by Gasteiger charge is 2.27. The molecule has 0 spiro atoms. The van der Waals surface area contributed by atoms with Gasteiger partial charge >= 0.3 is 0 Å². The van der Waals surface area contributed by atoms with Crippen molar-refractivity contribution >= 4 is 23.6 Å². The molecule has 14 nitrogen and oxygen atoms in total. The highest BCUT2D eigenvalue weighted by molar-refractivity contribution is 5.98. The Hall–Kier alpha value is -4.98. The molecule has 14 heteroatoms. The Kier molecular flexibility index (Phi) is 10.9. The minimum atomic E-state index is -1.26. The molecular formula is C30H36N6O8. The number of aromatic nitrogens is 2. The van der Waals surface area contributed by atoms with Crippen LogP contribution in [0.25, 0.3) is 11.4 Å². The Morgan fingerprint density at radius 3 is 2.73 bits per heavy atom. The lowest BCUT2D eigenvalue weighted by molar-refractivity contribution is -0.136. The van der Waals surface area contributed by atoms with Crippen molar-refractivity contribution in [3.63, 3.8) is 0 Å². The van der Waals surface area contributed by atoms with Gasteiger partial charge in [0.05, 0.1) is 31.9 Å². The molecule has 2 heterocycles. The molecule has 3 aromatic rings. The van der Waals surface area contributed by atoms with E-state index >= 15 is 0 Å². The van der Waals surface area contributed by atoms with Crippen LogP contribution in [0.2, 0.25) is 0 Å². The molecule has 4 amide bonds. The highest BCUT2D eigenvalue weighted by atomic mass is 16.5. The number of amides is 4. The van der Waals surface area contributed by atoms with Crippen molar-refractivity contribution in [3.05, 3.63) is 59.5 Å². The molecule has 0 saturated heterocycles. The number of aryl methyl sites for hydroxylation is 2. The van der Waals surface area contributed by atoms with Gasteiger partial charge in [0.2, 0.25) is 29.4 Å². The summed E-state index contributed by atoms with van der Waals surface area (Å²) in [5.41, 5.74) is 1.65. The number of hydrogen-bond acceptors (Lipinski definition) is 10. The van der Waals surface area contributed by atoms with Gasteiger partial charge in [-0.1, -0.05) is 23.4 Å². The average molecular weight is 609 g/mol. The highest BCUT2D eigenvalue weighted by Crippen LogP contribution is 2.27. The van der Waals surface area contributed by atoms with E-state index in [-0.39, 0.29) is 63.0 Å². The van der Waals surface area contributed by atoms with Gasteiger partial charge in [-0.15, -0.1) is 0 Å². The maximum Gasteiger partial charge on any atom is 0.252 e. The third-order valence-electron chi connectivity index (χ3n) is 6.92. The van der Waals surface area contributed by atoms with Gasteiger partial charge in [0.25, 0.3) is 5.91 Å². The number of nitrogens with zero attached hydrogens (tertiary/aromatic N) is 3. The van der Waals surface area contributed by atoms with Crippen LogP contribution in [0.4, 0.5) is 0 Å². The molecule has 234 valence electrons. The molecular weight excluding hydrogens is 572 g/mol. The van der Waals surface area contributed by atoms with E-state index < -0.39 is 29.9 Å². The number of methoxy groups -OCH3 is 1. The summed E-state index contributed by atoms with van der Waals surface area (Å²) in [7, 11) is 1.54. The number of ether oxygens (including phenoxy) is 2. The smallest absolute Gasteiger partial charge is 0.252 e. The quantitative estimate of drug-likeness (QED) is 0.309. The van der Waals surface area contributed by atoms with Crippen LogP contribution in [0.15, 0.2) is 47.0 Å². The lowest BCUT2D eigenvalue weighted by atomic mass is 10.1. The SMILES string of the molecule is COc1ccccc1-c1noc(CCC(=O)N2CCNC(=O)[C@H]([C@@H](C)O)NC(=O)c3ccc(C)c(c3)OCCNC(=O)C2)n1. The zero-order valence-corrected chi connectivity index (χ0v) is 24.8. The van der Waals surface area contributed by atoms with Crippen LogP contribution in [-0.2, 0) is 20.8 Å². The van der Waals surface area contributed by atoms with Crippen molar-refractivity contribution in [1.82, 2.24) is 31.0 Å². The van der Waals surface area contributed by atoms with E-state index in [1.54, 1.807) is 31.2 Å². The van der Waals surface area contributed by atoms with Crippen LogP contribution in [-0.4, -0.2) is 95.8 Å². The van der Waals surface area contributed by atoms with Gasteiger partial charge in [0, 0.05) is 31.5 Å². The number of nitrogens with one attached hydrogen (secondary N) is 3. The Labute approximate surface area is 254 Å². The number of fused-ring (bicyclic) bond motifs is 2. The second kappa shape index (κ2) is 15.0. The van der Waals surface area contributed by atoms with Crippen LogP contribution in [0.1, 0.15) is 35.2 Å². The summed E-state index contributed by atoms with van der Waals surface area (Å²) in [5.74, 6) is -0.465. The number of hydrogen-bond donors (Lipinski definition) is 4. The van der Waals surface area contributed by atoms with E-state index in [1.807, 2.05) is 12.1 Å². The van der Waals surface area contributed by atoms with E-state index in [0.29, 0.717) is 22.9 Å². The first-order valence-electron chi connectivity index (χ1n) is 14.2. The Balaban J connectivity index is 1.44. The number of rotatable bonds is 6. The van der Waals surface area contributed by atoms with Crippen molar-refractivity contribution in [3.8, 4) is 22.9 Å². The molecule has 0 radical (unpaired) electrons. The average Bonchev–Trinajstić information content (AvgIpc) is 3.49. The summed E-state index contributed by atoms with van der Waals surface area (Å²) < 4.78 is 16.4. The first-order chi connectivity index (χ1) is 21.2. The molecule has 44 heavy (non-hydrogen) atoms. The van der Waals surface area contributed by atoms with E-state index in [0.717, 1.165) is 5.56 Å². The largest absolute Gasteiger partial charge is 0.496 e. The fraction of sp³-hybridized carbons (Fsp3) is 0.400. The van der Waals surface area contributed by atoms with Crippen LogP contribution >= 0.6 is 0 Å². The summed E-state index contributed by atoms with van der Waals surface area (Å²) in [6.07, 6.45) is -1.13. The molecule has 2 aromatic carbocycles. The zero-order chi connectivity index (χ0) is 31.6. The molecule has 1 aliphatic rings. The van der Waals surface area contributed by atoms with Crippen molar-refractivity contribution in [1.29, 1.82) is 0 Å². The van der Waals surface area contributed by atoms with Crippen LogP contribution in [0.3, 0.4) is 0 Å². The van der Waals surface area contributed by atoms with Gasteiger partial charge in [-0.2, -0.15) is 4.98 Å². The standard InChI is InChI=1S/C30H36N6O8/c1-18-8-9-20-16-23(18)43-15-13-31-24(38)17-36(14-12-32-30(41)27(19(2)37)34-29(20)40)26(39)11-10-25-33-28(35-44-25)21-6-4-5-7-22(21)42-3/h4-9,16,19,27,37H,10-15,17H2,1-3H3,(H,31,38)(H,32,41)(H,34,40)/t19-,27+/m1/s1. The van der Waals surface area contributed by atoms with E-state index in [1.165, 1.54) is 25.0 Å². The fourth-order valence-electron chi connectivity index (χ4n) is 4.49. The molecule has 2 bridgehead atoms. The third kappa shape index (κ3) is 8.31. The third-order valence-corrected chi connectivity index (χ3v) is 6.92. The summed E-state index contributed by atoms with van der Waals surface area (Å²) in [4.78, 5) is 57.4. The Morgan fingerprint density at radius 1 is 1.16 bits per heavy atom. The minimum Gasteiger partial charge on any atom is -0.496 e. The van der Waals surface area contributed by atoms with Crippen molar-refractivity contribution in [2.75, 3.05) is 39.9 Å². The van der Waals surface area contributed by atoms with E-state index in [9.17, 15) is 24.3 Å². The number of aliphatic hydroxyl groups excluding tert-OH is 1. The first kappa shape index (κ1) is 31.9. The summed E-state index contributed by atoms with van der Waals surface area (Å²) in [6.45, 7) is 3.16. The Morgan fingerprint density at radius 2 is 1.95 bits per heavy atom. The van der Waals surface area contributed by atoms with Crippen molar-refractivity contribution < 1.29 is 38.3 Å². The summed E-state index contributed by atoms with van der Waals surface area (Å²) in [6, 6.07) is 10.7. The predicted octanol–water partition coefficient (Wildman–Crippen LogP) is 0.619. The van der Waals surface area contributed by atoms with Gasteiger partial charge in [0.15, 0.2) is 0 Å². The van der Waals surface area contributed by atoms with Crippen LogP contribution < -0.4 is 25.4 Å². The molecule has 1 aromatic heterocycles. The molecule has 1 aliphatic heterocycles. The maximum absolute atomic E-state index is 13.2. The number of para-hydroxylation sites is 1. The number of aliphatic hydroxyl groups is 1. The lowest BCUT2D eigenvalue weighted by Gasteiger charge is -2.24. The Bertz CT molecular complexity index is 1490. The molecule has 2 atom stereocenters. The molecule has 4 N–H and O–H groups in total. The zero-order valence-electron chi connectivity index (χ0n) is 24.8. The molecule has 0 unspecified atom stereocenters. The van der Waals surface area contributed by atoms with Crippen molar-refractivity contribution in [2.24, 2.45) is 0 Å². The topological polar surface area (TPSA) is 185 Å². The minimum absolute atomic E-state index is 0.00869. The molecule has 4 rings (SSSR count). The lowest BCUT2D eigenvalue weighted by Crippen LogP contribution is -2.53. The van der Waals surface area contributed by atoms with Crippen LogP contribution in [0, 0.1) is 6.92 Å². The van der Waals surface area contributed by atoms with Crippen molar-refractivity contribution in [2.45, 2.75) is 38.8 Å². The predicted molar refractivity (Wildman–Crippen MR) is 157 cm³/mol. The number of benzene rings is 2. The van der Waals surface area contributed by atoms with Gasteiger partial charge in [-0.3, -0.25) is 19.2 Å². The fourth-order valence-corrected chi connectivity index (χ4v) is 4.49.